The predicted molar refractivity (Wildman–Crippen MR) is 104 cm³/mol. The Balaban J connectivity index is 1.27. The van der Waals surface area contributed by atoms with Crippen LogP contribution in [-0.2, 0) is 22.3 Å². The van der Waals surface area contributed by atoms with Crippen LogP contribution >= 0.6 is 0 Å². The van der Waals surface area contributed by atoms with Crippen molar-refractivity contribution in [1.29, 1.82) is 0 Å². The van der Waals surface area contributed by atoms with E-state index in [9.17, 15) is 10.2 Å². The Morgan fingerprint density at radius 2 is 1.97 bits per heavy atom. The quantitative estimate of drug-likeness (QED) is 0.584. The molecule has 1 saturated heterocycles. The second kappa shape index (κ2) is 7.34. The number of nitrogens with zero attached hydrogens (tertiary/aromatic N) is 4. The number of hydrogen-bond acceptors (Lipinski definition) is 8. The summed E-state index contributed by atoms with van der Waals surface area (Å²) in [5.74, 6) is 0.249. The molecule has 9 heteroatoms. The number of hydrogen-bond donors (Lipinski definition) is 3. The molecule has 0 spiro atoms. The fraction of sp³-hybridized carbons (Fsp3) is 0.450. The van der Waals surface area contributed by atoms with Crippen LogP contribution in [0.2, 0.25) is 0 Å². The van der Waals surface area contributed by atoms with Crippen LogP contribution in [0.5, 0.6) is 0 Å². The number of nitrogen functional groups attached to an aromatic ring is 1. The first-order chi connectivity index (χ1) is 14.1. The molecule has 2 aliphatic rings. The van der Waals surface area contributed by atoms with Crippen LogP contribution in [0.1, 0.15) is 23.8 Å². The Morgan fingerprint density at radius 3 is 2.83 bits per heavy atom. The number of aliphatic hydroxyl groups is 2. The minimum absolute atomic E-state index is 0.0681. The maximum absolute atomic E-state index is 10.5. The fourth-order valence-electron chi connectivity index (χ4n) is 4.19. The van der Waals surface area contributed by atoms with Gasteiger partial charge < -0.3 is 25.4 Å². The molecule has 1 aromatic carbocycles. The van der Waals surface area contributed by atoms with Gasteiger partial charge in [-0.1, -0.05) is 24.3 Å². The minimum Gasteiger partial charge on any atom is -0.387 e. The van der Waals surface area contributed by atoms with Gasteiger partial charge in [0.15, 0.2) is 17.7 Å². The molecular weight excluding hydrogens is 374 g/mol. The zero-order valence-electron chi connectivity index (χ0n) is 15.8. The molecule has 4 N–H and O–H groups in total. The van der Waals surface area contributed by atoms with E-state index in [0.29, 0.717) is 11.2 Å². The van der Waals surface area contributed by atoms with Crippen molar-refractivity contribution in [1.82, 2.24) is 19.5 Å². The number of anilines is 1. The van der Waals surface area contributed by atoms with E-state index in [1.165, 1.54) is 23.8 Å². The van der Waals surface area contributed by atoms with Gasteiger partial charge in [-0.15, -0.1) is 0 Å². The third kappa shape index (κ3) is 3.25. The molecular formula is C20H23N5O4. The molecule has 1 aliphatic carbocycles. The number of rotatable bonds is 4. The van der Waals surface area contributed by atoms with Crippen molar-refractivity contribution in [2.24, 2.45) is 0 Å². The summed E-state index contributed by atoms with van der Waals surface area (Å²) in [6, 6.07) is 8.38. The van der Waals surface area contributed by atoms with Gasteiger partial charge in [0.25, 0.3) is 0 Å². The van der Waals surface area contributed by atoms with Crippen LogP contribution in [0, 0.1) is 0 Å². The highest BCUT2D eigenvalue weighted by atomic mass is 16.6. The Morgan fingerprint density at radius 1 is 1.14 bits per heavy atom. The van der Waals surface area contributed by atoms with E-state index in [4.69, 9.17) is 15.2 Å². The van der Waals surface area contributed by atoms with Crippen LogP contribution in [-0.4, -0.2) is 60.8 Å². The second-order valence-electron chi connectivity index (χ2n) is 7.60. The summed E-state index contributed by atoms with van der Waals surface area (Å²) in [5.41, 5.74) is 9.37. The smallest absolute Gasteiger partial charge is 0.167 e. The SMILES string of the molecule is Nc1ncnc2c1ncn2[C@@H]1O[C@H](COC2CCc3ccccc3C2)[C@@H](O)[C@H]1O. The van der Waals surface area contributed by atoms with Crippen LogP contribution in [0.25, 0.3) is 11.2 Å². The maximum Gasteiger partial charge on any atom is 0.167 e. The maximum atomic E-state index is 10.5. The van der Waals surface area contributed by atoms with Crippen molar-refractivity contribution < 1.29 is 19.7 Å². The highest BCUT2D eigenvalue weighted by Crippen LogP contribution is 2.33. The molecule has 0 saturated carbocycles. The standard InChI is InChI=1S/C20H23N5O4/c21-18-15-19(23-9-22-18)25(10-24-15)20-17(27)16(26)14(29-20)8-28-13-6-5-11-3-1-2-4-12(11)7-13/h1-4,9-10,13-14,16-17,20,26-27H,5-8H2,(H2,21,22,23)/t13?,14-,16-,17-,20-/m1/s1. The number of benzene rings is 1. The van der Waals surface area contributed by atoms with Gasteiger partial charge in [0.2, 0.25) is 0 Å². The largest absolute Gasteiger partial charge is 0.387 e. The number of nitrogens with two attached hydrogens (primary N) is 1. The average Bonchev–Trinajstić information content (AvgIpc) is 3.29. The molecule has 0 radical (unpaired) electrons. The molecule has 0 bridgehead atoms. The molecule has 1 aliphatic heterocycles. The summed E-state index contributed by atoms with van der Waals surface area (Å²) in [6.07, 6.45) is 1.93. The Labute approximate surface area is 167 Å². The molecule has 3 heterocycles. The minimum atomic E-state index is -1.13. The van der Waals surface area contributed by atoms with E-state index in [2.05, 4.69) is 33.2 Å². The van der Waals surface area contributed by atoms with Gasteiger partial charge in [-0.25, -0.2) is 15.0 Å². The Bertz CT molecular complexity index is 1030. The van der Waals surface area contributed by atoms with Crippen molar-refractivity contribution in [2.45, 2.75) is 49.9 Å². The number of aryl methyl sites for hydroxylation is 1. The van der Waals surface area contributed by atoms with Gasteiger partial charge in [-0.2, -0.15) is 0 Å². The molecule has 1 fully saturated rings. The number of aliphatic hydroxyl groups excluding tert-OH is 2. The van der Waals surface area contributed by atoms with E-state index in [1.54, 1.807) is 4.57 Å². The number of ether oxygens (including phenoxy) is 2. The van der Waals surface area contributed by atoms with Crippen molar-refractivity contribution >= 4 is 17.0 Å². The van der Waals surface area contributed by atoms with Crippen LogP contribution in [0.3, 0.4) is 0 Å². The molecule has 2 aromatic heterocycles. The van der Waals surface area contributed by atoms with E-state index in [-0.39, 0.29) is 18.5 Å². The lowest BCUT2D eigenvalue weighted by atomic mass is 9.90. The van der Waals surface area contributed by atoms with Gasteiger partial charge in [0.1, 0.15) is 30.2 Å². The van der Waals surface area contributed by atoms with E-state index >= 15 is 0 Å². The van der Waals surface area contributed by atoms with Gasteiger partial charge >= 0.3 is 0 Å². The molecule has 0 amide bonds. The van der Waals surface area contributed by atoms with Crippen LogP contribution in [0.4, 0.5) is 5.82 Å². The van der Waals surface area contributed by atoms with Crippen molar-refractivity contribution in [3.63, 3.8) is 0 Å². The van der Waals surface area contributed by atoms with E-state index in [0.717, 1.165) is 19.3 Å². The highest BCUT2D eigenvalue weighted by Gasteiger charge is 2.44. The van der Waals surface area contributed by atoms with Crippen molar-refractivity contribution in [3.05, 3.63) is 48.0 Å². The first kappa shape index (κ1) is 18.4. The fourth-order valence-corrected chi connectivity index (χ4v) is 4.19. The second-order valence-corrected chi connectivity index (χ2v) is 7.60. The van der Waals surface area contributed by atoms with Gasteiger partial charge in [0, 0.05) is 0 Å². The predicted octanol–water partition coefficient (Wildman–Crippen LogP) is 0.602. The average molecular weight is 397 g/mol. The zero-order valence-corrected chi connectivity index (χ0v) is 15.8. The van der Waals surface area contributed by atoms with E-state index < -0.39 is 24.5 Å². The highest BCUT2D eigenvalue weighted by molar-refractivity contribution is 5.81. The third-order valence-electron chi connectivity index (χ3n) is 5.80. The van der Waals surface area contributed by atoms with Gasteiger partial charge in [0.05, 0.1) is 19.0 Å². The lowest BCUT2D eigenvalue weighted by molar-refractivity contribution is -0.0826. The number of aromatic nitrogens is 4. The Kier molecular flexibility index (Phi) is 4.67. The molecule has 29 heavy (non-hydrogen) atoms. The lowest BCUT2D eigenvalue weighted by Crippen LogP contribution is -2.35. The zero-order chi connectivity index (χ0) is 20.0. The first-order valence-electron chi connectivity index (χ1n) is 9.75. The van der Waals surface area contributed by atoms with Gasteiger partial charge in [-0.05, 0) is 30.4 Å². The van der Waals surface area contributed by atoms with Crippen molar-refractivity contribution in [3.8, 4) is 0 Å². The molecule has 1 unspecified atom stereocenters. The molecule has 5 atom stereocenters. The third-order valence-corrected chi connectivity index (χ3v) is 5.80. The first-order valence-corrected chi connectivity index (χ1v) is 9.75. The molecule has 5 rings (SSSR count). The molecule has 152 valence electrons. The lowest BCUT2D eigenvalue weighted by Gasteiger charge is -2.26. The number of imidazole rings is 1. The summed E-state index contributed by atoms with van der Waals surface area (Å²) < 4.78 is 13.6. The monoisotopic (exact) mass is 397 g/mol. The normalized spacial score (nSPS) is 29.2. The summed E-state index contributed by atoms with van der Waals surface area (Å²) in [5, 5.41) is 21.0. The number of fused-ring (bicyclic) bond motifs is 2. The summed E-state index contributed by atoms with van der Waals surface area (Å²) in [6.45, 7) is 0.200. The van der Waals surface area contributed by atoms with E-state index in [1.807, 2.05) is 6.07 Å². The molecule has 9 nitrogen and oxygen atoms in total. The summed E-state index contributed by atoms with van der Waals surface area (Å²) in [4.78, 5) is 12.3. The Hall–Kier alpha value is -2.59. The van der Waals surface area contributed by atoms with Crippen LogP contribution < -0.4 is 5.73 Å². The van der Waals surface area contributed by atoms with Crippen LogP contribution in [0.15, 0.2) is 36.9 Å². The topological polar surface area (TPSA) is 129 Å². The summed E-state index contributed by atoms with van der Waals surface area (Å²) >= 11 is 0. The van der Waals surface area contributed by atoms with Gasteiger partial charge in [-0.3, -0.25) is 4.57 Å². The molecule has 3 aromatic rings. The van der Waals surface area contributed by atoms with Crippen molar-refractivity contribution in [2.75, 3.05) is 12.3 Å². The summed E-state index contributed by atoms with van der Waals surface area (Å²) in [7, 11) is 0.